The number of halogens is 4. The van der Waals surface area contributed by atoms with Crippen molar-refractivity contribution in [3.05, 3.63) is 28.8 Å². The molecule has 0 unspecified atom stereocenters. The van der Waals surface area contributed by atoms with E-state index < -0.39 is 6.36 Å². The van der Waals surface area contributed by atoms with Crippen LogP contribution in [0.25, 0.3) is 0 Å². The molecule has 0 atom stereocenters. The smallest absolute Gasteiger partial charge is 0.404 e. The minimum absolute atomic E-state index is 0.0265. The van der Waals surface area contributed by atoms with Gasteiger partial charge in [-0.1, -0.05) is 17.7 Å². The quantitative estimate of drug-likeness (QED) is 0.904. The van der Waals surface area contributed by atoms with Crippen LogP contribution in [0.3, 0.4) is 0 Å². The predicted molar refractivity (Wildman–Crippen MR) is 58.1 cm³/mol. The summed E-state index contributed by atoms with van der Waals surface area (Å²) in [5.41, 5.74) is 0.764. The van der Waals surface area contributed by atoms with Crippen molar-refractivity contribution in [3.63, 3.8) is 0 Å². The maximum Gasteiger partial charge on any atom is 0.573 e. The first-order valence-electron chi connectivity index (χ1n) is 5.11. The molecule has 2 rings (SSSR count). The first-order valence-corrected chi connectivity index (χ1v) is 5.49. The van der Waals surface area contributed by atoms with E-state index in [9.17, 15) is 13.2 Å². The van der Waals surface area contributed by atoms with Crippen molar-refractivity contribution in [2.45, 2.75) is 24.7 Å². The molecule has 1 aliphatic rings. The number of ether oxygens (including phenoxy) is 1. The topological polar surface area (TPSA) is 21.3 Å². The lowest BCUT2D eigenvalue weighted by Crippen LogP contribution is -2.24. The number of alkyl halides is 3. The van der Waals surface area contributed by atoms with Crippen LogP contribution in [-0.4, -0.2) is 13.4 Å². The highest BCUT2D eigenvalue weighted by atomic mass is 35.5. The fourth-order valence-corrected chi connectivity index (χ4v) is 2.03. The Morgan fingerprint density at radius 3 is 2.41 bits per heavy atom. The number of hydrogen-bond acceptors (Lipinski definition) is 2. The molecule has 0 heterocycles. The normalized spacial score (nSPS) is 17.9. The second-order valence-corrected chi connectivity index (χ2v) is 4.43. The van der Waals surface area contributed by atoms with Crippen LogP contribution in [0, 0.1) is 0 Å². The van der Waals surface area contributed by atoms with Crippen LogP contribution in [0.15, 0.2) is 18.2 Å². The minimum atomic E-state index is -4.72. The zero-order valence-corrected chi connectivity index (χ0v) is 9.82. The van der Waals surface area contributed by atoms with Crippen molar-refractivity contribution in [1.29, 1.82) is 0 Å². The summed E-state index contributed by atoms with van der Waals surface area (Å²) in [4.78, 5) is 0. The Morgan fingerprint density at radius 2 is 2.00 bits per heavy atom. The predicted octanol–water partition coefficient (Wildman–Crippen LogP) is 3.45. The Bertz CT molecular complexity index is 429. The molecule has 1 aromatic carbocycles. The van der Waals surface area contributed by atoms with Crippen LogP contribution in [-0.2, 0) is 5.54 Å². The lowest BCUT2D eigenvalue weighted by molar-refractivity contribution is -0.274. The Morgan fingerprint density at radius 1 is 1.35 bits per heavy atom. The third-order valence-corrected chi connectivity index (χ3v) is 3.23. The molecule has 1 saturated carbocycles. The number of nitrogens with one attached hydrogen (secondary N) is 1. The van der Waals surface area contributed by atoms with Crippen molar-refractivity contribution >= 4 is 11.6 Å². The molecule has 0 spiro atoms. The molecule has 17 heavy (non-hydrogen) atoms. The van der Waals surface area contributed by atoms with Gasteiger partial charge in [0.25, 0.3) is 0 Å². The highest BCUT2D eigenvalue weighted by Gasteiger charge is 2.43. The SMILES string of the molecule is CNC1(c2ccc(OC(F)(F)F)c(Cl)c2)CC1. The second-order valence-electron chi connectivity index (χ2n) is 4.03. The summed E-state index contributed by atoms with van der Waals surface area (Å²) in [6.45, 7) is 0. The Balaban J connectivity index is 2.23. The van der Waals surface area contributed by atoms with Crippen LogP contribution < -0.4 is 10.1 Å². The summed E-state index contributed by atoms with van der Waals surface area (Å²) in [5.74, 6) is -0.366. The summed E-state index contributed by atoms with van der Waals surface area (Å²) < 4.78 is 39.9. The van der Waals surface area contributed by atoms with Gasteiger partial charge in [0.1, 0.15) is 5.75 Å². The molecule has 0 aromatic heterocycles. The van der Waals surface area contributed by atoms with Crippen LogP contribution >= 0.6 is 11.6 Å². The van der Waals surface area contributed by atoms with E-state index in [1.165, 1.54) is 12.1 Å². The van der Waals surface area contributed by atoms with Gasteiger partial charge in [-0.15, -0.1) is 13.2 Å². The highest BCUT2D eigenvalue weighted by molar-refractivity contribution is 6.32. The van der Waals surface area contributed by atoms with Gasteiger partial charge in [0.2, 0.25) is 0 Å². The Labute approximate surface area is 102 Å². The molecule has 0 bridgehead atoms. The van der Waals surface area contributed by atoms with Crippen LogP contribution in [0.5, 0.6) is 5.75 Å². The number of benzene rings is 1. The van der Waals surface area contributed by atoms with E-state index >= 15 is 0 Å². The van der Waals surface area contributed by atoms with Crippen LogP contribution in [0.1, 0.15) is 18.4 Å². The fourth-order valence-electron chi connectivity index (χ4n) is 1.81. The largest absolute Gasteiger partial charge is 0.573 e. The summed E-state index contributed by atoms with van der Waals surface area (Å²) in [6, 6.07) is 4.38. The maximum atomic E-state index is 12.0. The van der Waals surface area contributed by atoms with Gasteiger partial charge in [-0.3, -0.25) is 0 Å². The van der Waals surface area contributed by atoms with E-state index in [1.807, 2.05) is 7.05 Å². The highest BCUT2D eigenvalue weighted by Crippen LogP contribution is 2.46. The number of rotatable bonds is 3. The third-order valence-electron chi connectivity index (χ3n) is 2.94. The average molecular weight is 266 g/mol. The molecule has 1 aliphatic carbocycles. The third kappa shape index (κ3) is 2.66. The molecule has 0 radical (unpaired) electrons. The zero-order chi connectivity index (χ0) is 12.7. The lowest BCUT2D eigenvalue weighted by atomic mass is 10.1. The van der Waals surface area contributed by atoms with Crippen LogP contribution in [0.4, 0.5) is 13.2 Å². The summed E-state index contributed by atoms with van der Waals surface area (Å²) in [6.07, 6.45) is -2.80. The van der Waals surface area contributed by atoms with E-state index in [4.69, 9.17) is 11.6 Å². The van der Waals surface area contributed by atoms with E-state index in [0.717, 1.165) is 18.4 Å². The first kappa shape index (κ1) is 12.5. The Hall–Kier alpha value is -0.940. The molecule has 1 aromatic rings. The summed E-state index contributed by atoms with van der Waals surface area (Å²) in [7, 11) is 1.82. The van der Waals surface area contributed by atoms with Gasteiger partial charge in [0.15, 0.2) is 0 Å². The summed E-state index contributed by atoms with van der Waals surface area (Å²) >= 11 is 5.77. The average Bonchev–Trinajstić information content (AvgIpc) is 3.00. The van der Waals surface area contributed by atoms with Gasteiger partial charge in [0, 0.05) is 5.54 Å². The van der Waals surface area contributed by atoms with Gasteiger partial charge in [0.05, 0.1) is 5.02 Å². The van der Waals surface area contributed by atoms with Gasteiger partial charge < -0.3 is 10.1 Å². The van der Waals surface area contributed by atoms with E-state index in [-0.39, 0.29) is 16.3 Å². The molecular formula is C11H11ClF3NO. The zero-order valence-electron chi connectivity index (χ0n) is 9.07. The van der Waals surface area contributed by atoms with E-state index in [2.05, 4.69) is 10.1 Å². The molecule has 0 amide bonds. The van der Waals surface area contributed by atoms with E-state index in [0.29, 0.717) is 0 Å². The van der Waals surface area contributed by atoms with Gasteiger partial charge in [-0.2, -0.15) is 0 Å². The number of hydrogen-bond donors (Lipinski definition) is 1. The molecule has 94 valence electrons. The fraction of sp³-hybridized carbons (Fsp3) is 0.455. The van der Waals surface area contributed by atoms with Crippen molar-refractivity contribution in [1.82, 2.24) is 5.32 Å². The monoisotopic (exact) mass is 265 g/mol. The second kappa shape index (κ2) is 4.07. The van der Waals surface area contributed by atoms with Crippen molar-refractivity contribution in [2.24, 2.45) is 0 Å². The van der Waals surface area contributed by atoms with Crippen LogP contribution in [0.2, 0.25) is 5.02 Å². The molecule has 0 aliphatic heterocycles. The van der Waals surface area contributed by atoms with Crippen molar-refractivity contribution in [3.8, 4) is 5.75 Å². The lowest BCUT2D eigenvalue weighted by Gasteiger charge is -2.16. The maximum absolute atomic E-state index is 12.0. The van der Waals surface area contributed by atoms with Gasteiger partial charge in [-0.05, 0) is 37.6 Å². The van der Waals surface area contributed by atoms with Gasteiger partial charge >= 0.3 is 6.36 Å². The van der Waals surface area contributed by atoms with Crippen molar-refractivity contribution < 1.29 is 17.9 Å². The molecule has 6 heteroatoms. The first-order chi connectivity index (χ1) is 7.86. The summed E-state index contributed by atoms with van der Waals surface area (Å²) in [5, 5.41) is 3.12. The molecular weight excluding hydrogens is 255 g/mol. The Kier molecular flexibility index (Phi) is 2.99. The molecule has 2 nitrogen and oxygen atoms in total. The van der Waals surface area contributed by atoms with Crippen molar-refractivity contribution in [2.75, 3.05) is 7.05 Å². The van der Waals surface area contributed by atoms with Gasteiger partial charge in [-0.25, -0.2) is 0 Å². The molecule has 1 N–H and O–H groups in total. The van der Waals surface area contributed by atoms with E-state index in [1.54, 1.807) is 6.07 Å². The minimum Gasteiger partial charge on any atom is -0.404 e. The molecule has 1 fully saturated rings. The molecule has 0 saturated heterocycles. The standard InChI is InChI=1S/C11H11ClF3NO/c1-16-10(4-5-10)7-2-3-9(8(12)6-7)17-11(13,14)15/h2-3,6,16H,4-5H2,1H3.